The topological polar surface area (TPSA) is 55.8 Å². The molecule has 0 N–H and O–H groups in total. The van der Waals surface area contributed by atoms with Gasteiger partial charge in [0.05, 0.1) is 12.8 Å². The maximum Gasteiger partial charge on any atom is 0.310 e. The van der Waals surface area contributed by atoms with Crippen molar-refractivity contribution in [2.24, 2.45) is 0 Å². The smallest absolute Gasteiger partial charge is 0.310 e. The van der Waals surface area contributed by atoms with Gasteiger partial charge in [-0.2, -0.15) is 0 Å². The number of hydrogen-bond donors (Lipinski definition) is 0. The van der Waals surface area contributed by atoms with E-state index in [0.717, 1.165) is 12.8 Å². The normalized spacial score (nSPS) is 13.0. The van der Waals surface area contributed by atoms with Gasteiger partial charge in [-0.25, -0.2) is 0 Å². The molecule has 126 valence electrons. The SMILES string of the molecule is CCC=CCC(=O)OCC(CN(C)C)OC(=O)CC=CCC. The second kappa shape index (κ2) is 13.1. The molecule has 0 spiro atoms. The van der Waals surface area contributed by atoms with Gasteiger partial charge in [-0.05, 0) is 26.9 Å². The maximum absolute atomic E-state index is 11.7. The van der Waals surface area contributed by atoms with Crippen LogP contribution in [0.4, 0.5) is 0 Å². The van der Waals surface area contributed by atoms with E-state index in [1.807, 2.05) is 45.0 Å². The van der Waals surface area contributed by atoms with Crippen molar-refractivity contribution in [2.45, 2.75) is 45.6 Å². The number of allylic oxidation sites excluding steroid dienone is 2. The number of likely N-dealkylation sites (N-methyl/N-ethyl adjacent to an activating group) is 1. The van der Waals surface area contributed by atoms with Crippen molar-refractivity contribution < 1.29 is 19.1 Å². The van der Waals surface area contributed by atoms with Crippen LogP contribution >= 0.6 is 0 Å². The number of nitrogens with zero attached hydrogens (tertiary/aromatic N) is 1. The summed E-state index contributed by atoms with van der Waals surface area (Å²) in [6, 6.07) is 0. The van der Waals surface area contributed by atoms with Crippen LogP contribution in [0.15, 0.2) is 24.3 Å². The minimum Gasteiger partial charge on any atom is -0.461 e. The molecule has 0 bridgehead atoms. The maximum atomic E-state index is 11.7. The second-order valence-corrected chi connectivity index (χ2v) is 5.22. The van der Waals surface area contributed by atoms with Crippen LogP contribution < -0.4 is 0 Å². The fourth-order valence-electron chi connectivity index (χ4n) is 1.70. The Morgan fingerprint density at radius 2 is 1.50 bits per heavy atom. The molecule has 1 atom stereocenters. The lowest BCUT2D eigenvalue weighted by molar-refractivity contribution is -0.158. The third-order valence-corrected chi connectivity index (χ3v) is 2.67. The summed E-state index contributed by atoms with van der Waals surface area (Å²) in [5.74, 6) is -0.617. The van der Waals surface area contributed by atoms with E-state index in [9.17, 15) is 9.59 Å². The summed E-state index contributed by atoms with van der Waals surface area (Å²) in [6.45, 7) is 4.60. The fourth-order valence-corrected chi connectivity index (χ4v) is 1.70. The summed E-state index contributed by atoms with van der Waals surface area (Å²) >= 11 is 0. The predicted molar refractivity (Wildman–Crippen MR) is 87.5 cm³/mol. The van der Waals surface area contributed by atoms with Gasteiger partial charge in [0.25, 0.3) is 0 Å². The molecule has 0 aromatic carbocycles. The lowest BCUT2D eigenvalue weighted by Crippen LogP contribution is -2.34. The predicted octanol–water partition coefficient (Wildman–Crippen LogP) is 2.72. The average molecular weight is 311 g/mol. The third-order valence-electron chi connectivity index (χ3n) is 2.67. The molecule has 0 aromatic heterocycles. The molecule has 0 aliphatic carbocycles. The van der Waals surface area contributed by atoms with Crippen LogP contribution in [-0.4, -0.2) is 50.2 Å². The summed E-state index contributed by atoms with van der Waals surface area (Å²) in [6.07, 6.45) is 9.22. The Kier molecular flexibility index (Phi) is 12.1. The molecule has 0 amide bonds. The molecule has 0 aliphatic rings. The first kappa shape index (κ1) is 20.4. The van der Waals surface area contributed by atoms with E-state index in [0.29, 0.717) is 6.54 Å². The van der Waals surface area contributed by atoms with Gasteiger partial charge in [-0.1, -0.05) is 38.2 Å². The van der Waals surface area contributed by atoms with Crippen molar-refractivity contribution in [3.05, 3.63) is 24.3 Å². The Hall–Kier alpha value is -1.62. The Balaban J connectivity index is 4.27. The molecule has 0 fully saturated rings. The van der Waals surface area contributed by atoms with Gasteiger partial charge in [0.15, 0.2) is 0 Å². The summed E-state index contributed by atoms with van der Waals surface area (Å²) in [4.78, 5) is 25.2. The molecule has 1 unspecified atom stereocenters. The Morgan fingerprint density at radius 1 is 0.955 bits per heavy atom. The molecule has 0 heterocycles. The Labute approximate surface area is 134 Å². The van der Waals surface area contributed by atoms with Gasteiger partial charge in [0, 0.05) is 6.54 Å². The monoisotopic (exact) mass is 311 g/mol. The van der Waals surface area contributed by atoms with Crippen molar-refractivity contribution in [3.8, 4) is 0 Å². The molecular weight excluding hydrogens is 282 g/mol. The average Bonchev–Trinajstić information content (AvgIpc) is 2.45. The number of carbonyl (C=O) groups is 2. The summed E-state index contributed by atoms with van der Waals surface area (Å²) in [7, 11) is 3.76. The number of ether oxygens (including phenoxy) is 2. The molecular formula is C17H29NO4. The first-order valence-electron chi connectivity index (χ1n) is 7.79. The van der Waals surface area contributed by atoms with E-state index in [1.165, 1.54) is 0 Å². The molecule has 5 nitrogen and oxygen atoms in total. The Bertz CT molecular complexity index is 375. The van der Waals surface area contributed by atoms with E-state index in [2.05, 4.69) is 0 Å². The van der Waals surface area contributed by atoms with Gasteiger partial charge in [-0.3, -0.25) is 9.59 Å². The molecule has 0 saturated heterocycles. The Morgan fingerprint density at radius 3 is 2.00 bits per heavy atom. The molecule has 22 heavy (non-hydrogen) atoms. The highest BCUT2D eigenvalue weighted by atomic mass is 16.6. The minimum atomic E-state index is -0.448. The summed E-state index contributed by atoms with van der Waals surface area (Å²) in [5, 5.41) is 0. The number of esters is 2. The van der Waals surface area contributed by atoms with Gasteiger partial charge in [-0.15, -0.1) is 0 Å². The molecule has 5 heteroatoms. The van der Waals surface area contributed by atoms with E-state index in [1.54, 1.807) is 12.2 Å². The van der Waals surface area contributed by atoms with Gasteiger partial charge < -0.3 is 14.4 Å². The highest BCUT2D eigenvalue weighted by Crippen LogP contribution is 2.02. The fraction of sp³-hybridized carbons (Fsp3) is 0.647. The van der Waals surface area contributed by atoms with Gasteiger partial charge in [0.1, 0.15) is 12.7 Å². The molecule has 0 saturated carbocycles. The highest BCUT2D eigenvalue weighted by Gasteiger charge is 2.17. The molecule has 0 radical (unpaired) electrons. The van der Waals surface area contributed by atoms with Crippen molar-refractivity contribution in [1.29, 1.82) is 0 Å². The zero-order chi connectivity index (χ0) is 16.8. The summed E-state index contributed by atoms with van der Waals surface area (Å²) < 4.78 is 10.5. The largest absolute Gasteiger partial charge is 0.461 e. The zero-order valence-electron chi connectivity index (χ0n) is 14.2. The van der Waals surface area contributed by atoms with E-state index < -0.39 is 6.10 Å². The van der Waals surface area contributed by atoms with Crippen molar-refractivity contribution in [1.82, 2.24) is 4.90 Å². The van der Waals surface area contributed by atoms with E-state index in [4.69, 9.17) is 9.47 Å². The zero-order valence-corrected chi connectivity index (χ0v) is 14.2. The van der Waals surface area contributed by atoms with Gasteiger partial charge in [0.2, 0.25) is 0 Å². The molecule has 0 aliphatic heterocycles. The van der Waals surface area contributed by atoms with Crippen LogP contribution in [0.3, 0.4) is 0 Å². The first-order chi connectivity index (χ1) is 10.5. The van der Waals surface area contributed by atoms with Gasteiger partial charge >= 0.3 is 11.9 Å². The van der Waals surface area contributed by atoms with E-state index in [-0.39, 0.29) is 31.4 Å². The summed E-state index contributed by atoms with van der Waals surface area (Å²) in [5.41, 5.74) is 0. The first-order valence-corrected chi connectivity index (χ1v) is 7.79. The second-order valence-electron chi connectivity index (χ2n) is 5.22. The van der Waals surface area contributed by atoms with Crippen LogP contribution in [0.2, 0.25) is 0 Å². The lowest BCUT2D eigenvalue weighted by atomic mass is 10.3. The van der Waals surface area contributed by atoms with Crippen LogP contribution in [-0.2, 0) is 19.1 Å². The number of carbonyl (C=O) groups excluding carboxylic acids is 2. The van der Waals surface area contributed by atoms with E-state index >= 15 is 0 Å². The third kappa shape index (κ3) is 12.1. The highest BCUT2D eigenvalue weighted by molar-refractivity contribution is 5.72. The quantitative estimate of drug-likeness (QED) is 0.434. The van der Waals surface area contributed by atoms with Crippen molar-refractivity contribution >= 4 is 11.9 Å². The van der Waals surface area contributed by atoms with Crippen molar-refractivity contribution in [3.63, 3.8) is 0 Å². The lowest BCUT2D eigenvalue weighted by Gasteiger charge is -2.21. The number of rotatable bonds is 11. The standard InChI is InChI=1S/C17H29NO4/c1-5-7-9-11-16(19)21-14-15(13-18(3)4)22-17(20)12-10-8-6-2/h7-10,15H,5-6,11-14H2,1-4H3. The van der Waals surface area contributed by atoms with Crippen LogP contribution in [0.5, 0.6) is 0 Å². The molecule has 0 aromatic rings. The van der Waals surface area contributed by atoms with Crippen LogP contribution in [0.25, 0.3) is 0 Å². The minimum absolute atomic E-state index is 0.0835. The molecule has 0 rings (SSSR count). The van der Waals surface area contributed by atoms with Crippen LogP contribution in [0, 0.1) is 0 Å². The number of hydrogen-bond acceptors (Lipinski definition) is 5. The van der Waals surface area contributed by atoms with Crippen molar-refractivity contribution in [2.75, 3.05) is 27.2 Å². The van der Waals surface area contributed by atoms with Crippen LogP contribution in [0.1, 0.15) is 39.5 Å².